The van der Waals surface area contributed by atoms with Crippen molar-refractivity contribution < 1.29 is 4.74 Å². The Morgan fingerprint density at radius 2 is 2.23 bits per heavy atom. The first kappa shape index (κ1) is 9.77. The van der Waals surface area contributed by atoms with Crippen molar-refractivity contribution in [1.82, 2.24) is 9.97 Å². The lowest BCUT2D eigenvalue weighted by atomic mass is 10.5. The first-order valence-electron chi connectivity index (χ1n) is 4.55. The molecule has 1 heterocycles. The first-order valence-corrected chi connectivity index (χ1v) is 4.55. The zero-order valence-corrected chi connectivity index (χ0v) is 8.08. The second-order valence-electron chi connectivity index (χ2n) is 2.62. The molecule has 0 aliphatic heterocycles. The van der Waals surface area contributed by atoms with Crippen LogP contribution in [0.25, 0.3) is 0 Å². The number of nitrogens with zero attached hydrogens (tertiary/aromatic N) is 2. The van der Waals surface area contributed by atoms with Gasteiger partial charge in [0, 0.05) is 6.54 Å². The molecule has 0 aromatic carbocycles. The van der Waals surface area contributed by atoms with E-state index in [1.54, 1.807) is 12.4 Å². The van der Waals surface area contributed by atoms with Gasteiger partial charge in [-0.1, -0.05) is 6.92 Å². The summed E-state index contributed by atoms with van der Waals surface area (Å²) in [5, 5.41) is 3.07. The molecule has 0 aliphatic rings. The molecule has 0 fully saturated rings. The fourth-order valence-electron chi connectivity index (χ4n) is 0.891. The second-order valence-corrected chi connectivity index (χ2v) is 2.62. The minimum atomic E-state index is 0.584. The van der Waals surface area contributed by atoms with E-state index >= 15 is 0 Å². The standard InChI is InChI=1S/C9H15N3O/c1-3-5-13-9-7-10-6-8(12-9)11-4-2/h6-7H,3-5H2,1-2H3,(H,11,12). The summed E-state index contributed by atoms with van der Waals surface area (Å²) in [6.07, 6.45) is 4.28. The molecule has 0 spiro atoms. The largest absolute Gasteiger partial charge is 0.477 e. The maximum atomic E-state index is 5.33. The summed E-state index contributed by atoms with van der Waals surface area (Å²) >= 11 is 0. The summed E-state index contributed by atoms with van der Waals surface area (Å²) < 4.78 is 5.33. The summed E-state index contributed by atoms with van der Waals surface area (Å²) in [6, 6.07) is 0. The number of ether oxygens (including phenoxy) is 1. The first-order chi connectivity index (χ1) is 6.36. The van der Waals surface area contributed by atoms with Gasteiger partial charge in [-0.3, -0.25) is 4.98 Å². The van der Waals surface area contributed by atoms with Crippen molar-refractivity contribution in [3.8, 4) is 5.88 Å². The third-order valence-electron chi connectivity index (χ3n) is 1.42. The van der Waals surface area contributed by atoms with Gasteiger partial charge in [0.2, 0.25) is 5.88 Å². The molecule has 0 saturated carbocycles. The van der Waals surface area contributed by atoms with Crippen LogP contribution in [0.3, 0.4) is 0 Å². The minimum Gasteiger partial charge on any atom is -0.477 e. The van der Waals surface area contributed by atoms with Gasteiger partial charge in [-0.05, 0) is 13.3 Å². The third-order valence-corrected chi connectivity index (χ3v) is 1.42. The summed E-state index contributed by atoms with van der Waals surface area (Å²) in [5.74, 6) is 1.34. The zero-order chi connectivity index (χ0) is 9.52. The topological polar surface area (TPSA) is 47.0 Å². The predicted molar refractivity (Wildman–Crippen MR) is 52.0 cm³/mol. The van der Waals surface area contributed by atoms with Gasteiger partial charge >= 0.3 is 0 Å². The Bertz CT molecular complexity index is 252. The van der Waals surface area contributed by atoms with Gasteiger partial charge in [0.05, 0.1) is 19.0 Å². The fraction of sp³-hybridized carbons (Fsp3) is 0.556. The number of aromatic nitrogens is 2. The molecular weight excluding hydrogens is 166 g/mol. The van der Waals surface area contributed by atoms with E-state index in [9.17, 15) is 0 Å². The monoisotopic (exact) mass is 181 g/mol. The van der Waals surface area contributed by atoms with Crippen LogP contribution in [-0.2, 0) is 0 Å². The SMILES string of the molecule is CCCOc1cncc(NCC)n1. The maximum Gasteiger partial charge on any atom is 0.234 e. The second kappa shape index (κ2) is 5.35. The van der Waals surface area contributed by atoms with Crippen molar-refractivity contribution in [2.75, 3.05) is 18.5 Å². The van der Waals surface area contributed by atoms with Gasteiger partial charge in [0.15, 0.2) is 0 Å². The van der Waals surface area contributed by atoms with E-state index in [-0.39, 0.29) is 0 Å². The molecule has 4 nitrogen and oxygen atoms in total. The quantitative estimate of drug-likeness (QED) is 0.751. The van der Waals surface area contributed by atoms with Gasteiger partial charge in [0.1, 0.15) is 5.82 Å². The van der Waals surface area contributed by atoms with Gasteiger partial charge in [0.25, 0.3) is 0 Å². The molecular formula is C9H15N3O. The summed E-state index contributed by atoms with van der Waals surface area (Å²) in [5.41, 5.74) is 0. The van der Waals surface area contributed by atoms with E-state index in [1.807, 2.05) is 6.92 Å². The zero-order valence-electron chi connectivity index (χ0n) is 8.08. The molecule has 4 heteroatoms. The van der Waals surface area contributed by atoms with Crippen LogP contribution < -0.4 is 10.1 Å². The Hall–Kier alpha value is -1.32. The molecule has 0 saturated heterocycles. The normalized spacial score (nSPS) is 9.69. The number of anilines is 1. The summed E-state index contributed by atoms with van der Waals surface area (Å²) in [4.78, 5) is 8.21. The molecule has 1 rings (SSSR count). The molecule has 0 amide bonds. The van der Waals surface area contributed by atoms with E-state index in [0.717, 1.165) is 18.8 Å². The predicted octanol–water partition coefficient (Wildman–Crippen LogP) is 1.70. The van der Waals surface area contributed by atoms with Crippen LogP contribution in [0.1, 0.15) is 20.3 Å². The lowest BCUT2D eigenvalue weighted by molar-refractivity contribution is 0.304. The van der Waals surface area contributed by atoms with Crippen LogP contribution >= 0.6 is 0 Å². The molecule has 0 aliphatic carbocycles. The van der Waals surface area contributed by atoms with Gasteiger partial charge in [-0.25, -0.2) is 0 Å². The molecule has 0 radical (unpaired) electrons. The highest BCUT2D eigenvalue weighted by Gasteiger charge is 1.96. The molecule has 0 bridgehead atoms. The Balaban J connectivity index is 2.56. The molecule has 0 atom stereocenters. The Labute approximate surface area is 78.4 Å². The van der Waals surface area contributed by atoms with Gasteiger partial charge in [-0.15, -0.1) is 0 Å². The maximum absolute atomic E-state index is 5.33. The highest BCUT2D eigenvalue weighted by molar-refractivity contribution is 5.32. The van der Waals surface area contributed by atoms with E-state index in [1.165, 1.54) is 0 Å². The number of hydrogen-bond donors (Lipinski definition) is 1. The Morgan fingerprint density at radius 1 is 1.38 bits per heavy atom. The van der Waals surface area contributed by atoms with E-state index in [0.29, 0.717) is 12.5 Å². The van der Waals surface area contributed by atoms with Gasteiger partial charge in [-0.2, -0.15) is 4.98 Å². The average molecular weight is 181 g/mol. The van der Waals surface area contributed by atoms with Crippen LogP contribution in [0, 0.1) is 0 Å². The minimum absolute atomic E-state index is 0.584. The lowest BCUT2D eigenvalue weighted by Gasteiger charge is -2.05. The Morgan fingerprint density at radius 3 is 2.92 bits per heavy atom. The smallest absolute Gasteiger partial charge is 0.234 e. The number of nitrogens with one attached hydrogen (secondary N) is 1. The van der Waals surface area contributed by atoms with E-state index in [4.69, 9.17) is 4.74 Å². The van der Waals surface area contributed by atoms with Gasteiger partial charge < -0.3 is 10.1 Å². The molecule has 1 N–H and O–H groups in total. The van der Waals surface area contributed by atoms with Crippen molar-refractivity contribution in [2.24, 2.45) is 0 Å². The van der Waals surface area contributed by atoms with Crippen LogP contribution in [0.2, 0.25) is 0 Å². The van der Waals surface area contributed by atoms with Crippen molar-refractivity contribution in [3.63, 3.8) is 0 Å². The molecule has 72 valence electrons. The number of rotatable bonds is 5. The van der Waals surface area contributed by atoms with Crippen LogP contribution in [0.5, 0.6) is 5.88 Å². The molecule has 1 aromatic rings. The highest BCUT2D eigenvalue weighted by atomic mass is 16.5. The van der Waals surface area contributed by atoms with Crippen LogP contribution in [0.15, 0.2) is 12.4 Å². The summed E-state index contributed by atoms with van der Waals surface area (Å²) in [7, 11) is 0. The fourth-order valence-corrected chi connectivity index (χ4v) is 0.891. The van der Waals surface area contributed by atoms with Crippen molar-refractivity contribution >= 4 is 5.82 Å². The molecule has 1 aromatic heterocycles. The highest BCUT2D eigenvalue weighted by Crippen LogP contribution is 2.08. The van der Waals surface area contributed by atoms with E-state index < -0.39 is 0 Å². The van der Waals surface area contributed by atoms with Crippen LogP contribution in [0.4, 0.5) is 5.82 Å². The molecule has 13 heavy (non-hydrogen) atoms. The van der Waals surface area contributed by atoms with Crippen molar-refractivity contribution in [1.29, 1.82) is 0 Å². The lowest BCUT2D eigenvalue weighted by Crippen LogP contribution is -2.03. The van der Waals surface area contributed by atoms with Crippen molar-refractivity contribution in [3.05, 3.63) is 12.4 Å². The van der Waals surface area contributed by atoms with Crippen LogP contribution in [-0.4, -0.2) is 23.1 Å². The third kappa shape index (κ3) is 3.27. The summed E-state index contributed by atoms with van der Waals surface area (Å²) in [6.45, 7) is 5.60. The molecule has 0 unspecified atom stereocenters. The van der Waals surface area contributed by atoms with E-state index in [2.05, 4.69) is 22.2 Å². The van der Waals surface area contributed by atoms with Crippen molar-refractivity contribution in [2.45, 2.75) is 20.3 Å². The Kier molecular flexibility index (Phi) is 4.02. The average Bonchev–Trinajstić information content (AvgIpc) is 2.16. The number of hydrogen-bond acceptors (Lipinski definition) is 4.